The Morgan fingerprint density at radius 1 is 1.37 bits per heavy atom. The molecule has 0 aliphatic carbocycles. The number of hydrogen-bond acceptors (Lipinski definition) is 5. The van der Waals surface area contributed by atoms with Gasteiger partial charge in [0.1, 0.15) is 0 Å². The molecule has 4 N–H and O–H groups in total. The molecule has 1 atom stereocenters. The maximum atomic E-state index is 11.6. The van der Waals surface area contributed by atoms with Crippen molar-refractivity contribution in [3.63, 3.8) is 0 Å². The molecular formula is C11H20N4O3S. The number of nitrogens with zero attached hydrogens (tertiary/aromatic N) is 1. The van der Waals surface area contributed by atoms with Gasteiger partial charge in [-0.05, 0) is 6.92 Å². The Labute approximate surface area is 117 Å². The van der Waals surface area contributed by atoms with Crippen LogP contribution < -0.4 is 16.4 Å². The monoisotopic (exact) mass is 288 g/mol. The van der Waals surface area contributed by atoms with Crippen LogP contribution in [0.15, 0.2) is 0 Å². The lowest BCUT2D eigenvalue weighted by Crippen LogP contribution is -2.50. The average molecular weight is 288 g/mol. The van der Waals surface area contributed by atoms with E-state index in [0.717, 1.165) is 13.1 Å². The summed E-state index contributed by atoms with van der Waals surface area (Å²) < 4.78 is 5.24. The van der Waals surface area contributed by atoms with Crippen LogP contribution in [0, 0.1) is 0 Å². The van der Waals surface area contributed by atoms with Gasteiger partial charge in [-0.1, -0.05) is 12.2 Å². The van der Waals surface area contributed by atoms with Crippen molar-refractivity contribution in [1.29, 1.82) is 0 Å². The predicted molar refractivity (Wildman–Crippen MR) is 74.7 cm³/mol. The molecule has 1 aliphatic rings. The lowest BCUT2D eigenvalue weighted by atomic mass is 10.3. The summed E-state index contributed by atoms with van der Waals surface area (Å²) in [5, 5.41) is 4.97. The number of nitrogens with two attached hydrogens (primary N) is 1. The first-order valence-corrected chi connectivity index (χ1v) is 6.57. The third-order valence-electron chi connectivity index (χ3n) is 2.64. The van der Waals surface area contributed by atoms with Gasteiger partial charge in [0.25, 0.3) is 0 Å². The second-order valence-corrected chi connectivity index (χ2v) is 4.96. The van der Waals surface area contributed by atoms with Crippen LogP contribution in [-0.2, 0) is 14.3 Å². The Bertz CT molecular complexity index is 345. The number of carbonyl (C=O) groups is 2. The zero-order chi connectivity index (χ0) is 14.3. The first-order valence-electron chi connectivity index (χ1n) is 6.16. The number of amides is 2. The van der Waals surface area contributed by atoms with Crippen LogP contribution in [0.3, 0.4) is 0 Å². The summed E-state index contributed by atoms with van der Waals surface area (Å²) in [5.74, 6) is -1.39. The van der Waals surface area contributed by atoms with Gasteiger partial charge in [-0.3, -0.25) is 14.5 Å². The van der Waals surface area contributed by atoms with Crippen LogP contribution in [0.1, 0.15) is 6.92 Å². The maximum absolute atomic E-state index is 11.6. The quantitative estimate of drug-likeness (QED) is 0.409. The Kier molecular flexibility index (Phi) is 6.68. The molecule has 2 amide bonds. The van der Waals surface area contributed by atoms with E-state index < -0.39 is 11.8 Å². The summed E-state index contributed by atoms with van der Waals surface area (Å²) in [6.45, 7) is 5.66. The van der Waals surface area contributed by atoms with Gasteiger partial charge >= 0.3 is 11.8 Å². The van der Waals surface area contributed by atoms with Crippen molar-refractivity contribution < 1.29 is 14.3 Å². The fraction of sp³-hybridized carbons (Fsp3) is 0.727. The van der Waals surface area contributed by atoms with Gasteiger partial charge in [0.05, 0.1) is 24.7 Å². The molecule has 8 heteroatoms. The topological polar surface area (TPSA) is 96.7 Å². The molecule has 7 nitrogen and oxygen atoms in total. The number of rotatable bonds is 5. The van der Waals surface area contributed by atoms with E-state index in [1.54, 1.807) is 0 Å². The second-order valence-electron chi connectivity index (χ2n) is 4.44. The van der Waals surface area contributed by atoms with E-state index >= 15 is 0 Å². The smallest absolute Gasteiger partial charge is 0.309 e. The highest BCUT2D eigenvalue weighted by Crippen LogP contribution is 1.98. The molecule has 0 spiro atoms. The average Bonchev–Trinajstić information content (AvgIpc) is 2.36. The SMILES string of the molecule is CC(CN1CCOCC1)NC(=O)C(=O)NCC(N)=S. The van der Waals surface area contributed by atoms with Crippen molar-refractivity contribution in [1.82, 2.24) is 15.5 Å². The predicted octanol–water partition coefficient (Wildman–Crippen LogP) is -1.77. The highest BCUT2D eigenvalue weighted by molar-refractivity contribution is 7.80. The standard InChI is InChI=1S/C11H20N4O3S/c1-8(7-15-2-4-18-5-3-15)14-11(17)10(16)13-6-9(12)19/h8H,2-7H2,1H3,(H2,12,19)(H,13,16)(H,14,17). The van der Waals surface area contributed by atoms with Crippen molar-refractivity contribution in [3.8, 4) is 0 Å². The molecule has 0 aromatic rings. The van der Waals surface area contributed by atoms with Crippen molar-refractivity contribution in [2.75, 3.05) is 39.4 Å². The van der Waals surface area contributed by atoms with E-state index in [1.165, 1.54) is 0 Å². The van der Waals surface area contributed by atoms with E-state index in [2.05, 4.69) is 27.8 Å². The highest BCUT2D eigenvalue weighted by atomic mass is 32.1. The van der Waals surface area contributed by atoms with Gasteiger partial charge in [-0.25, -0.2) is 0 Å². The molecule has 1 heterocycles. The molecule has 0 bridgehead atoms. The Hall–Kier alpha value is -1.25. The molecule has 1 rings (SSSR count). The first kappa shape index (κ1) is 15.8. The minimum atomic E-state index is -0.721. The second kappa shape index (κ2) is 8.03. The first-order chi connectivity index (χ1) is 8.99. The zero-order valence-electron chi connectivity index (χ0n) is 11.0. The number of thiocarbonyl (C=S) groups is 1. The van der Waals surface area contributed by atoms with Gasteiger partial charge in [0, 0.05) is 25.7 Å². The lowest BCUT2D eigenvalue weighted by Gasteiger charge is -2.29. The normalized spacial score (nSPS) is 17.5. The molecule has 1 aliphatic heterocycles. The van der Waals surface area contributed by atoms with E-state index in [1.807, 2.05) is 6.92 Å². The molecule has 1 fully saturated rings. The summed E-state index contributed by atoms with van der Waals surface area (Å²) in [6, 6.07) is -0.110. The molecule has 1 unspecified atom stereocenters. The third kappa shape index (κ3) is 6.46. The minimum absolute atomic E-state index is 0.0272. The number of hydrogen-bond donors (Lipinski definition) is 3. The van der Waals surface area contributed by atoms with Gasteiger partial charge in [-0.15, -0.1) is 0 Å². The maximum Gasteiger partial charge on any atom is 0.309 e. The minimum Gasteiger partial charge on any atom is -0.392 e. The Morgan fingerprint density at radius 3 is 2.58 bits per heavy atom. The number of nitrogens with one attached hydrogen (secondary N) is 2. The molecule has 19 heavy (non-hydrogen) atoms. The van der Waals surface area contributed by atoms with Crippen LogP contribution in [0.4, 0.5) is 0 Å². The van der Waals surface area contributed by atoms with E-state index in [4.69, 9.17) is 10.5 Å². The van der Waals surface area contributed by atoms with Crippen molar-refractivity contribution in [2.24, 2.45) is 5.73 Å². The summed E-state index contributed by atoms with van der Waals surface area (Å²) in [5.41, 5.74) is 5.23. The Balaban J connectivity index is 2.26. The van der Waals surface area contributed by atoms with Gasteiger partial charge in [0.15, 0.2) is 0 Å². The van der Waals surface area contributed by atoms with Gasteiger partial charge in [0.2, 0.25) is 0 Å². The van der Waals surface area contributed by atoms with Crippen LogP contribution in [0.25, 0.3) is 0 Å². The van der Waals surface area contributed by atoms with Crippen molar-refractivity contribution >= 4 is 29.0 Å². The molecule has 0 aromatic carbocycles. The van der Waals surface area contributed by atoms with E-state index in [-0.39, 0.29) is 17.6 Å². The molecule has 108 valence electrons. The molecule has 0 aromatic heterocycles. The number of carbonyl (C=O) groups excluding carboxylic acids is 2. The molecule has 0 radical (unpaired) electrons. The van der Waals surface area contributed by atoms with Gasteiger partial charge in [-0.2, -0.15) is 0 Å². The summed E-state index contributed by atoms with van der Waals surface area (Å²) in [4.78, 5) is 25.3. The fourth-order valence-electron chi connectivity index (χ4n) is 1.75. The molecule has 1 saturated heterocycles. The largest absolute Gasteiger partial charge is 0.392 e. The Morgan fingerprint density at radius 2 is 2.00 bits per heavy atom. The number of ether oxygens (including phenoxy) is 1. The van der Waals surface area contributed by atoms with Crippen molar-refractivity contribution in [2.45, 2.75) is 13.0 Å². The summed E-state index contributed by atoms with van der Waals surface area (Å²) >= 11 is 4.61. The third-order valence-corrected chi connectivity index (χ3v) is 2.79. The van der Waals surface area contributed by atoms with Crippen LogP contribution in [0.2, 0.25) is 0 Å². The molecular weight excluding hydrogens is 268 g/mol. The van der Waals surface area contributed by atoms with Crippen LogP contribution >= 0.6 is 12.2 Å². The lowest BCUT2D eigenvalue weighted by molar-refractivity contribution is -0.139. The van der Waals surface area contributed by atoms with Crippen LogP contribution in [-0.4, -0.2) is 67.1 Å². The number of morpholine rings is 1. The fourth-order valence-corrected chi connectivity index (χ4v) is 1.83. The molecule has 0 saturated carbocycles. The summed E-state index contributed by atoms with van der Waals surface area (Å²) in [6.07, 6.45) is 0. The van der Waals surface area contributed by atoms with E-state index in [0.29, 0.717) is 19.8 Å². The zero-order valence-corrected chi connectivity index (χ0v) is 11.8. The van der Waals surface area contributed by atoms with Gasteiger partial charge < -0.3 is 21.1 Å². The van der Waals surface area contributed by atoms with Crippen LogP contribution in [0.5, 0.6) is 0 Å². The summed E-state index contributed by atoms with van der Waals surface area (Å²) in [7, 11) is 0. The van der Waals surface area contributed by atoms with E-state index in [9.17, 15) is 9.59 Å². The van der Waals surface area contributed by atoms with Crippen molar-refractivity contribution in [3.05, 3.63) is 0 Å². The highest BCUT2D eigenvalue weighted by Gasteiger charge is 2.18.